The van der Waals surface area contributed by atoms with Gasteiger partial charge in [-0.1, -0.05) is 66.7 Å². The highest BCUT2D eigenvalue weighted by molar-refractivity contribution is 6.00. The summed E-state index contributed by atoms with van der Waals surface area (Å²) in [5.74, 6) is -1.28. The summed E-state index contributed by atoms with van der Waals surface area (Å²) < 4.78 is 18.0. The molecule has 188 valence electrons. The zero-order valence-electron chi connectivity index (χ0n) is 20.6. The van der Waals surface area contributed by atoms with Gasteiger partial charge in [0.25, 0.3) is 11.8 Å². The molecule has 0 saturated carbocycles. The lowest BCUT2D eigenvalue weighted by Crippen LogP contribution is -2.52. The summed E-state index contributed by atoms with van der Waals surface area (Å²) in [5, 5.41) is 5.93. The molecule has 0 unspecified atom stereocenters. The average molecular weight is 489 g/mol. The van der Waals surface area contributed by atoms with Crippen LogP contribution in [0.1, 0.15) is 34.6 Å². The van der Waals surface area contributed by atoms with Crippen molar-refractivity contribution in [2.75, 3.05) is 26.3 Å². The van der Waals surface area contributed by atoms with E-state index in [0.29, 0.717) is 24.3 Å². The van der Waals surface area contributed by atoms with Crippen molar-refractivity contribution in [2.24, 2.45) is 0 Å². The van der Waals surface area contributed by atoms with Crippen LogP contribution >= 0.6 is 0 Å². The molecule has 2 atom stereocenters. The van der Waals surface area contributed by atoms with Crippen molar-refractivity contribution < 1.29 is 23.8 Å². The van der Waals surface area contributed by atoms with Crippen LogP contribution in [0.15, 0.2) is 84.9 Å². The van der Waals surface area contributed by atoms with Crippen LogP contribution in [-0.4, -0.2) is 56.1 Å². The van der Waals surface area contributed by atoms with E-state index in [9.17, 15) is 9.59 Å². The van der Waals surface area contributed by atoms with Crippen LogP contribution in [0.5, 0.6) is 0 Å². The van der Waals surface area contributed by atoms with E-state index >= 15 is 0 Å². The lowest BCUT2D eigenvalue weighted by atomic mass is 9.99. The molecule has 3 aromatic carbocycles. The van der Waals surface area contributed by atoms with Crippen LogP contribution in [0.25, 0.3) is 11.1 Å². The van der Waals surface area contributed by atoms with E-state index in [2.05, 4.69) is 10.6 Å². The number of benzene rings is 3. The number of carbonyl (C=O) groups is 2. The molecular formula is C29H32N2O5. The maximum absolute atomic E-state index is 13.2. The first-order valence-electron chi connectivity index (χ1n) is 12.1. The minimum absolute atomic E-state index is 0.196. The van der Waals surface area contributed by atoms with Crippen LogP contribution in [0.2, 0.25) is 0 Å². The molecule has 4 rings (SSSR count). The number of hydrogen-bond donors (Lipinski definition) is 2. The minimum atomic E-state index is -0.867. The number of carbonyl (C=O) groups excluding carboxylic acids is 2. The monoisotopic (exact) mass is 488 g/mol. The summed E-state index contributed by atoms with van der Waals surface area (Å²) in [4.78, 5) is 25.8. The van der Waals surface area contributed by atoms with E-state index in [1.165, 1.54) is 0 Å². The van der Waals surface area contributed by atoms with Gasteiger partial charge in [-0.3, -0.25) is 9.59 Å². The van der Waals surface area contributed by atoms with Crippen molar-refractivity contribution in [2.45, 2.75) is 31.8 Å². The van der Waals surface area contributed by atoms with Crippen LogP contribution in [0.4, 0.5) is 0 Å². The Kier molecular flexibility index (Phi) is 8.48. The van der Waals surface area contributed by atoms with Gasteiger partial charge in [-0.15, -0.1) is 0 Å². The molecule has 1 heterocycles. The maximum atomic E-state index is 13.2. The fourth-order valence-corrected chi connectivity index (χ4v) is 4.16. The second-order valence-electron chi connectivity index (χ2n) is 9.01. The number of nitrogens with one attached hydrogen (secondary N) is 2. The molecule has 0 bridgehead atoms. The van der Waals surface area contributed by atoms with Crippen LogP contribution in [-0.2, 0) is 14.2 Å². The van der Waals surface area contributed by atoms with Crippen molar-refractivity contribution >= 4 is 11.8 Å². The number of rotatable bonds is 7. The molecule has 36 heavy (non-hydrogen) atoms. The summed E-state index contributed by atoms with van der Waals surface area (Å²) in [6.45, 7) is 4.77. The van der Waals surface area contributed by atoms with Gasteiger partial charge in [0.2, 0.25) is 0 Å². The zero-order chi connectivity index (χ0) is 25.4. The van der Waals surface area contributed by atoms with E-state index in [-0.39, 0.29) is 24.9 Å². The Bertz CT molecular complexity index is 1150. The predicted octanol–water partition coefficient (Wildman–Crippen LogP) is 4.05. The Balaban J connectivity index is 1.46. The molecule has 1 aliphatic heterocycles. The fourth-order valence-electron chi connectivity index (χ4n) is 4.16. The molecule has 3 aromatic rings. The second kappa shape index (κ2) is 11.9. The summed E-state index contributed by atoms with van der Waals surface area (Å²) in [6, 6.07) is 26.3. The maximum Gasteiger partial charge on any atom is 0.252 e. The lowest BCUT2D eigenvalue weighted by Gasteiger charge is -2.37. The average Bonchev–Trinajstić information content (AvgIpc) is 2.90. The zero-order valence-corrected chi connectivity index (χ0v) is 20.6. The Morgan fingerprint density at radius 3 is 2.14 bits per heavy atom. The third-order valence-electron chi connectivity index (χ3n) is 5.93. The third kappa shape index (κ3) is 6.79. The Morgan fingerprint density at radius 1 is 0.778 bits per heavy atom. The standard InChI is InChI=1S/C29H32N2O5/c1-29(2)35-18-17-34-25(26(36-29)20-30-27(32)22-13-7-4-8-14-22)19-31-28(33)24-16-10-9-15-23(24)21-11-5-3-6-12-21/h3-16,25-26H,17-20H2,1-2H3,(H,30,32)(H,31,33)/t25-,26+/m1/s1. The van der Waals surface area contributed by atoms with E-state index < -0.39 is 18.0 Å². The van der Waals surface area contributed by atoms with Gasteiger partial charge in [-0.05, 0) is 43.2 Å². The SMILES string of the molecule is CC1(C)OCCO[C@H](CNC(=O)c2ccccc2-c2ccccc2)[C@H](CNC(=O)c2ccccc2)O1. The molecule has 2 N–H and O–H groups in total. The topological polar surface area (TPSA) is 85.9 Å². The number of ether oxygens (including phenoxy) is 3. The van der Waals surface area contributed by atoms with Gasteiger partial charge >= 0.3 is 0 Å². The Morgan fingerprint density at radius 2 is 1.39 bits per heavy atom. The highest BCUT2D eigenvalue weighted by atomic mass is 16.7. The van der Waals surface area contributed by atoms with Crippen LogP contribution in [0, 0.1) is 0 Å². The molecule has 2 amide bonds. The largest absolute Gasteiger partial charge is 0.371 e. The smallest absolute Gasteiger partial charge is 0.252 e. The van der Waals surface area contributed by atoms with Crippen LogP contribution < -0.4 is 10.6 Å². The molecule has 7 heteroatoms. The molecule has 1 aliphatic rings. The van der Waals surface area contributed by atoms with Gasteiger partial charge in [0, 0.05) is 24.2 Å². The molecule has 0 aromatic heterocycles. The first kappa shape index (κ1) is 25.6. The molecule has 1 fully saturated rings. The van der Waals surface area contributed by atoms with Crippen molar-refractivity contribution in [1.29, 1.82) is 0 Å². The molecule has 0 aliphatic carbocycles. The van der Waals surface area contributed by atoms with Crippen molar-refractivity contribution in [1.82, 2.24) is 10.6 Å². The van der Waals surface area contributed by atoms with Gasteiger partial charge < -0.3 is 24.8 Å². The lowest BCUT2D eigenvalue weighted by molar-refractivity contribution is -0.277. The van der Waals surface area contributed by atoms with E-state index in [1.54, 1.807) is 12.1 Å². The summed E-state index contributed by atoms with van der Waals surface area (Å²) >= 11 is 0. The summed E-state index contributed by atoms with van der Waals surface area (Å²) in [7, 11) is 0. The number of hydrogen-bond acceptors (Lipinski definition) is 5. The highest BCUT2D eigenvalue weighted by Gasteiger charge is 2.33. The third-order valence-corrected chi connectivity index (χ3v) is 5.93. The Hall–Kier alpha value is -3.52. The van der Waals surface area contributed by atoms with Gasteiger partial charge in [-0.25, -0.2) is 0 Å². The molecule has 0 spiro atoms. The number of amides is 2. The molecule has 0 radical (unpaired) electrons. The van der Waals surface area contributed by atoms with Gasteiger partial charge in [0.15, 0.2) is 5.79 Å². The highest BCUT2D eigenvalue weighted by Crippen LogP contribution is 2.24. The molecule has 1 saturated heterocycles. The molecule has 7 nitrogen and oxygen atoms in total. The van der Waals surface area contributed by atoms with E-state index in [1.807, 2.05) is 86.6 Å². The first-order chi connectivity index (χ1) is 17.4. The van der Waals surface area contributed by atoms with Crippen LogP contribution in [0.3, 0.4) is 0 Å². The van der Waals surface area contributed by atoms with Gasteiger partial charge in [-0.2, -0.15) is 0 Å². The van der Waals surface area contributed by atoms with Gasteiger partial charge in [0.05, 0.1) is 13.2 Å². The normalized spacial score (nSPS) is 19.5. The van der Waals surface area contributed by atoms with Crippen molar-refractivity contribution in [3.8, 4) is 11.1 Å². The minimum Gasteiger partial charge on any atom is -0.371 e. The van der Waals surface area contributed by atoms with Crippen molar-refractivity contribution in [3.05, 3.63) is 96.1 Å². The fraction of sp³-hybridized carbons (Fsp3) is 0.310. The predicted molar refractivity (Wildman–Crippen MR) is 138 cm³/mol. The Labute approximate surface area is 211 Å². The summed E-state index contributed by atoms with van der Waals surface area (Å²) in [5.41, 5.74) is 2.95. The van der Waals surface area contributed by atoms with E-state index in [4.69, 9.17) is 14.2 Å². The van der Waals surface area contributed by atoms with Crippen molar-refractivity contribution in [3.63, 3.8) is 0 Å². The quantitative estimate of drug-likeness (QED) is 0.524. The molecular weight excluding hydrogens is 456 g/mol. The van der Waals surface area contributed by atoms with Gasteiger partial charge in [0.1, 0.15) is 12.2 Å². The van der Waals surface area contributed by atoms with E-state index in [0.717, 1.165) is 11.1 Å². The second-order valence-corrected chi connectivity index (χ2v) is 9.01. The first-order valence-corrected chi connectivity index (χ1v) is 12.1. The summed E-state index contributed by atoms with van der Waals surface area (Å²) in [6.07, 6.45) is -1.03.